The highest BCUT2D eigenvalue weighted by atomic mass is 16.6. The van der Waals surface area contributed by atoms with Crippen LogP contribution in [0.5, 0.6) is 5.75 Å². The van der Waals surface area contributed by atoms with Crippen molar-refractivity contribution < 1.29 is 30.0 Å². The van der Waals surface area contributed by atoms with E-state index in [0.717, 1.165) is 0 Å². The largest absolute Gasteiger partial charge is 0.505 e. The number of carbonyl (C=O) groups is 1. The third kappa shape index (κ3) is 1.85. The summed E-state index contributed by atoms with van der Waals surface area (Å²) in [7, 11) is 0. The number of nitrogens with one attached hydrogen (secondary N) is 1. The van der Waals surface area contributed by atoms with Gasteiger partial charge in [0.25, 0.3) is 5.91 Å². The van der Waals surface area contributed by atoms with Crippen LogP contribution in [0, 0.1) is 0 Å². The summed E-state index contributed by atoms with van der Waals surface area (Å²) in [6, 6.07) is 0. The molecule has 0 aromatic carbocycles. The first-order valence-corrected chi connectivity index (χ1v) is 5.29. The quantitative estimate of drug-likeness (QED) is 0.368. The summed E-state index contributed by atoms with van der Waals surface area (Å²) in [6.45, 7) is -0.470. The second kappa shape index (κ2) is 4.58. The van der Waals surface area contributed by atoms with Crippen molar-refractivity contribution >= 4 is 5.91 Å². The normalized spacial score (nSPS) is 31.7. The Bertz CT molecular complexity index is 459. The van der Waals surface area contributed by atoms with Crippen LogP contribution in [-0.4, -0.2) is 56.2 Å². The van der Waals surface area contributed by atoms with Crippen LogP contribution >= 0.6 is 0 Å². The Morgan fingerprint density at radius 3 is 2.56 bits per heavy atom. The van der Waals surface area contributed by atoms with E-state index in [1.54, 1.807) is 0 Å². The molecule has 1 saturated heterocycles. The van der Waals surface area contributed by atoms with Gasteiger partial charge in [-0.3, -0.25) is 4.79 Å². The average Bonchev–Trinajstić information content (AvgIpc) is 2.82. The number of rotatable bonds is 3. The Kier molecular flexibility index (Phi) is 3.26. The number of primary amides is 1. The zero-order valence-electron chi connectivity index (χ0n) is 9.28. The number of carbonyl (C=O) groups excluding carboxylic acids is 1. The Morgan fingerprint density at radius 2 is 2.11 bits per heavy atom. The first-order chi connectivity index (χ1) is 8.47. The number of H-pyrrole nitrogens is 1. The number of aromatic nitrogens is 1. The maximum absolute atomic E-state index is 11.0. The number of amides is 1. The molecular weight excluding hydrogens is 244 g/mol. The molecule has 0 bridgehead atoms. The number of aromatic amines is 1. The van der Waals surface area contributed by atoms with Gasteiger partial charge in [0.05, 0.1) is 6.61 Å². The molecule has 1 amide bonds. The van der Waals surface area contributed by atoms with Gasteiger partial charge in [-0.25, -0.2) is 0 Å². The predicted molar refractivity (Wildman–Crippen MR) is 57.7 cm³/mol. The van der Waals surface area contributed by atoms with Gasteiger partial charge < -0.3 is 35.9 Å². The Balaban J connectivity index is 2.30. The highest BCUT2D eigenvalue weighted by Gasteiger charge is 2.44. The SMILES string of the molecule is NC(=O)c1[nH]cc([C@@H]2O[C@H](CO)C(O)[C@@H]2O)c1O. The summed E-state index contributed by atoms with van der Waals surface area (Å²) in [5.41, 5.74) is 4.92. The fourth-order valence-corrected chi connectivity index (χ4v) is 1.99. The molecular formula is C10H14N2O6. The number of hydrogen-bond acceptors (Lipinski definition) is 6. The highest BCUT2D eigenvalue weighted by Crippen LogP contribution is 2.38. The summed E-state index contributed by atoms with van der Waals surface area (Å²) in [4.78, 5) is 13.4. The second-order valence-electron chi connectivity index (χ2n) is 4.09. The first kappa shape index (κ1) is 12.8. The Labute approximate surface area is 102 Å². The van der Waals surface area contributed by atoms with Gasteiger partial charge in [-0.15, -0.1) is 0 Å². The Hall–Kier alpha value is -1.61. The number of aliphatic hydroxyl groups is 3. The molecule has 2 rings (SSSR count). The molecule has 1 unspecified atom stereocenters. The molecule has 1 aliphatic rings. The van der Waals surface area contributed by atoms with Gasteiger partial charge in [0, 0.05) is 11.8 Å². The standard InChI is InChI=1S/C10H14N2O6/c11-10(17)5-6(14)3(1-12-5)9-8(16)7(15)4(2-13)18-9/h1,4,7-9,12-16H,2H2,(H2,11,17)/t4-,7?,8+,9+/m1/s1. The molecule has 7 N–H and O–H groups in total. The number of hydrogen-bond donors (Lipinski definition) is 6. The molecule has 4 atom stereocenters. The van der Waals surface area contributed by atoms with Gasteiger partial charge in [-0.05, 0) is 0 Å². The van der Waals surface area contributed by atoms with Crippen LogP contribution in [0.25, 0.3) is 0 Å². The van der Waals surface area contributed by atoms with Crippen molar-refractivity contribution in [3.63, 3.8) is 0 Å². The number of nitrogens with two attached hydrogens (primary N) is 1. The Morgan fingerprint density at radius 1 is 1.44 bits per heavy atom. The second-order valence-corrected chi connectivity index (χ2v) is 4.09. The topological polar surface area (TPSA) is 149 Å². The molecule has 18 heavy (non-hydrogen) atoms. The lowest BCUT2D eigenvalue weighted by molar-refractivity contribution is -0.0232. The smallest absolute Gasteiger partial charge is 0.268 e. The lowest BCUT2D eigenvalue weighted by Gasteiger charge is -2.13. The zero-order valence-corrected chi connectivity index (χ0v) is 9.28. The van der Waals surface area contributed by atoms with Gasteiger partial charge in [-0.1, -0.05) is 0 Å². The molecule has 2 heterocycles. The maximum atomic E-state index is 11.0. The summed E-state index contributed by atoms with van der Waals surface area (Å²) < 4.78 is 5.21. The summed E-state index contributed by atoms with van der Waals surface area (Å²) in [5.74, 6) is -1.29. The van der Waals surface area contributed by atoms with E-state index in [9.17, 15) is 20.1 Å². The molecule has 0 spiro atoms. The molecule has 1 fully saturated rings. The van der Waals surface area contributed by atoms with Gasteiger partial charge >= 0.3 is 0 Å². The third-order valence-electron chi connectivity index (χ3n) is 2.98. The molecule has 0 saturated carbocycles. The van der Waals surface area contributed by atoms with Crippen LogP contribution in [0.2, 0.25) is 0 Å². The highest BCUT2D eigenvalue weighted by molar-refractivity contribution is 5.94. The molecule has 8 heteroatoms. The molecule has 100 valence electrons. The van der Waals surface area contributed by atoms with Crippen molar-refractivity contribution in [2.45, 2.75) is 24.4 Å². The van der Waals surface area contributed by atoms with E-state index >= 15 is 0 Å². The first-order valence-electron chi connectivity index (χ1n) is 5.29. The average molecular weight is 258 g/mol. The fourth-order valence-electron chi connectivity index (χ4n) is 1.99. The molecule has 0 aliphatic carbocycles. The van der Waals surface area contributed by atoms with Crippen molar-refractivity contribution in [1.82, 2.24) is 4.98 Å². The van der Waals surface area contributed by atoms with E-state index in [1.165, 1.54) is 6.20 Å². The van der Waals surface area contributed by atoms with Crippen LogP contribution in [0.4, 0.5) is 0 Å². The third-order valence-corrected chi connectivity index (χ3v) is 2.98. The lowest BCUT2D eigenvalue weighted by atomic mass is 10.0. The van der Waals surface area contributed by atoms with Crippen molar-refractivity contribution in [1.29, 1.82) is 0 Å². The zero-order chi connectivity index (χ0) is 13.4. The molecule has 0 radical (unpaired) electrons. The molecule has 1 aromatic rings. The van der Waals surface area contributed by atoms with Gasteiger partial charge in [0.2, 0.25) is 0 Å². The van der Waals surface area contributed by atoms with Crippen LogP contribution in [0.1, 0.15) is 22.2 Å². The van der Waals surface area contributed by atoms with Crippen LogP contribution in [0.3, 0.4) is 0 Å². The molecule has 8 nitrogen and oxygen atoms in total. The monoisotopic (exact) mass is 258 g/mol. The van der Waals surface area contributed by atoms with E-state index in [2.05, 4.69) is 4.98 Å². The van der Waals surface area contributed by atoms with E-state index in [1.807, 2.05) is 0 Å². The fraction of sp³-hybridized carbons (Fsp3) is 0.500. The van der Waals surface area contributed by atoms with Gasteiger partial charge in [0.1, 0.15) is 30.1 Å². The van der Waals surface area contributed by atoms with Crippen molar-refractivity contribution in [2.24, 2.45) is 5.73 Å². The minimum absolute atomic E-state index is 0.103. The van der Waals surface area contributed by atoms with E-state index in [-0.39, 0.29) is 11.3 Å². The molecule has 1 aromatic heterocycles. The van der Waals surface area contributed by atoms with E-state index in [0.29, 0.717) is 0 Å². The molecule has 1 aliphatic heterocycles. The predicted octanol–water partition coefficient (Wildman–Crippen LogP) is -2.03. The minimum Gasteiger partial charge on any atom is -0.505 e. The van der Waals surface area contributed by atoms with Crippen molar-refractivity contribution in [3.8, 4) is 5.75 Å². The van der Waals surface area contributed by atoms with Crippen molar-refractivity contribution in [2.75, 3.05) is 6.61 Å². The summed E-state index contributed by atoms with van der Waals surface area (Å²) in [5, 5.41) is 38.0. The maximum Gasteiger partial charge on any atom is 0.268 e. The van der Waals surface area contributed by atoms with Crippen molar-refractivity contribution in [3.05, 3.63) is 17.5 Å². The minimum atomic E-state index is -1.32. The van der Waals surface area contributed by atoms with E-state index in [4.69, 9.17) is 15.6 Å². The van der Waals surface area contributed by atoms with Crippen LogP contribution in [-0.2, 0) is 4.74 Å². The van der Waals surface area contributed by atoms with Crippen LogP contribution in [0.15, 0.2) is 6.20 Å². The number of aromatic hydroxyl groups is 1. The summed E-state index contributed by atoms with van der Waals surface area (Å²) in [6.07, 6.45) is -3.32. The van der Waals surface area contributed by atoms with Crippen LogP contribution < -0.4 is 5.73 Å². The summed E-state index contributed by atoms with van der Waals surface area (Å²) >= 11 is 0. The number of ether oxygens (including phenoxy) is 1. The van der Waals surface area contributed by atoms with Gasteiger partial charge in [-0.2, -0.15) is 0 Å². The van der Waals surface area contributed by atoms with E-state index < -0.39 is 42.7 Å². The van der Waals surface area contributed by atoms with Gasteiger partial charge in [0.15, 0.2) is 5.75 Å². The lowest BCUT2D eigenvalue weighted by Crippen LogP contribution is -2.32. The number of aliphatic hydroxyl groups excluding tert-OH is 3.